The van der Waals surface area contributed by atoms with E-state index in [0.29, 0.717) is 46.1 Å². The zero-order valence-electron chi connectivity index (χ0n) is 23.2. The number of nitrogens with zero attached hydrogens (tertiary/aromatic N) is 3. The lowest BCUT2D eigenvalue weighted by Gasteiger charge is -2.36. The van der Waals surface area contributed by atoms with Crippen molar-refractivity contribution in [3.05, 3.63) is 76.4 Å². The molecule has 39 heavy (non-hydrogen) atoms. The van der Waals surface area contributed by atoms with Crippen LogP contribution in [-0.2, 0) is 17.8 Å². The molecule has 0 bridgehead atoms. The molecule has 1 saturated carbocycles. The van der Waals surface area contributed by atoms with Crippen LogP contribution in [0.1, 0.15) is 71.6 Å². The molecule has 0 spiro atoms. The van der Waals surface area contributed by atoms with Crippen molar-refractivity contribution in [2.75, 3.05) is 21.3 Å². The number of methoxy groups -OCH3 is 2. The van der Waals surface area contributed by atoms with Crippen molar-refractivity contribution in [1.29, 1.82) is 0 Å². The first-order valence-electron chi connectivity index (χ1n) is 13.3. The van der Waals surface area contributed by atoms with E-state index in [-0.39, 0.29) is 30.2 Å². The first-order chi connectivity index (χ1) is 18.8. The third-order valence-corrected chi connectivity index (χ3v) is 7.50. The molecule has 208 valence electrons. The van der Waals surface area contributed by atoms with Crippen LogP contribution in [0, 0.1) is 12.7 Å². The number of halogens is 1. The Labute approximate surface area is 228 Å². The van der Waals surface area contributed by atoms with Gasteiger partial charge in [0.15, 0.2) is 11.5 Å². The van der Waals surface area contributed by atoms with Gasteiger partial charge in [-0.15, -0.1) is 0 Å². The Kier molecular flexibility index (Phi) is 8.89. The predicted octanol–water partition coefficient (Wildman–Crippen LogP) is 5.49. The van der Waals surface area contributed by atoms with Crippen molar-refractivity contribution in [3.63, 3.8) is 0 Å². The van der Waals surface area contributed by atoms with Crippen molar-refractivity contribution >= 4 is 11.8 Å². The number of rotatable bonds is 10. The highest BCUT2D eigenvalue weighted by Gasteiger charge is 2.38. The van der Waals surface area contributed by atoms with Crippen LogP contribution in [0.25, 0.3) is 0 Å². The van der Waals surface area contributed by atoms with Crippen LogP contribution in [0.15, 0.2) is 47.0 Å². The van der Waals surface area contributed by atoms with Crippen LogP contribution in [0.4, 0.5) is 4.39 Å². The van der Waals surface area contributed by atoms with E-state index in [1.54, 1.807) is 56.3 Å². The zero-order chi connectivity index (χ0) is 28.1. The van der Waals surface area contributed by atoms with Gasteiger partial charge in [-0.3, -0.25) is 9.59 Å². The molecular weight excluding hydrogens is 501 g/mol. The molecule has 9 heteroatoms. The highest BCUT2D eigenvalue weighted by molar-refractivity contribution is 5.99. The van der Waals surface area contributed by atoms with Gasteiger partial charge in [0.05, 0.1) is 19.9 Å². The third kappa shape index (κ3) is 5.92. The SMILES string of the molecule is CCc1noc(C)c1C(=O)N(Cc1ccc(F)cc1)C(C(=O)N(C)C1CCCC1)c1ccc(OC)c(OC)c1. The summed E-state index contributed by atoms with van der Waals surface area (Å²) < 4.78 is 30.1. The number of hydrogen-bond donors (Lipinski definition) is 0. The predicted molar refractivity (Wildman–Crippen MR) is 144 cm³/mol. The average molecular weight is 538 g/mol. The molecule has 0 aliphatic heterocycles. The maximum Gasteiger partial charge on any atom is 0.260 e. The van der Waals surface area contributed by atoms with E-state index in [2.05, 4.69) is 5.16 Å². The van der Waals surface area contributed by atoms with Crippen LogP contribution < -0.4 is 9.47 Å². The van der Waals surface area contributed by atoms with Crippen molar-refractivity contribution in [1.82, 2.24) is 15.0 Å². The van der Waals surface area contributed by atoms with Gasteiger partial charge < -0.3 is 23.8 Å². The first kappa shape index (κ1) is 28.1. The average Bonchev–Trinajstić information content (AvgIpc) is 3.62. The number of aromatic nitrogens is 1. The maximum absolute atomic E-state index is 14.3. The molecule has 1 fully saturated rings. The molecule has 1 atom stereocenters. The lowest BCUT2D eigenvalue weighted by atomic mass is 9.99. The Bertz CT molecular complexity index is 1300. The van der Waals surface area contributed by atoms with Gasteiger partial charge in [0.1, 0.15) is 23.2 Å². The highest BCUT2D eigenvalue weighted by atomic mass is 19.1. The largest absolute Gasteiger partial charge is 0.493 e. The van der Waals surface area contributed by atoms with Crippen LogP contribution >= 0.6 is 0 Å². The summed E-state index contributed by atoms with van der Waals surface area (Å²) in [5.41, 5.74) is 2.11. The monoisotopic (exact) mass is 537 g/mol. The summed E-state index contributed by atoms with van der Waals surface area (Å²) in [6.07, 6.45) is 4.43. The standard InChI is InChI=1S/C30H36FN3O5/c1-6-24-27(19(2)39-32-24)29(35)34(18-20-11-14-22(31)15-12-20)28(30(36)33(3)23-9-7-8-10-23)21-13-16-25(37-4)26(17-21)38-5/h11-17,23,28H,6-10,18H2,1-5H3. The second-order valence-corrected chi connectivity index (χ2v) is 9.88. The molecule has 1 aliphatic rings. The fourth-order valence-electron chi connectivity index (χ4n) is 5.29. The summed E-state index contributed by atoms with van der Waals surface area (Å²) in [5.74, 6) is 0.355. The summed E-state index contributed by atoms with van der Waals surface area (Å²) in [7, 11) is 4.87. The van der Waals surface area contributed by atoms with Gasteiger partial charge in [0.2, 0.25) is 5.91 Å². The summed E-state index contributed by atoms with van der Waals surface area (Å²) in [4.78, 5) is 32.0. The Morgan fingerprint density at radius 1 is 1.08 bits per heavy atom. The molecule has 1 aromatic heterocycles. The number of ether oxygens (including phenoxy) is 2. The topological polar surface area (TPSA) is 85.1 Å². The minimum absolute atomic E-state index is 0.0656. The molecule has 1 aliphatic carbocycles. The van der Waals surface area contributed by atoms with Gasteiger partial charge >= 0.3 is 0 Å². The number of carbonyl (C=O) groups excluding carboxylic acids is 2. The Morgan fingerprint density at radius 3 is 2.36 bits per heavy atom. The highest BCUT2D eigenvalue weighted by Crippen LogP contribution is 2.36. The number of amides is 2. The lowest BCUT2D eigenvalue weighted by molar-refractivity contribution is -0.137. The summed E-state index contributed by atoms with van der Waals surface area (Å²) in [5, 5.41) is 4.08. The van der Waals surface area contributed by atoms with E-state index in [9.17, 15) is 14.0 Å². The fraction of sp³-hybridized carbons (Fsp3) is 0.433. The van der Waals surface area contributed by atoms with Crippen LogP contribution in [0.5, 0.6) is 11.5 Å². The first-order valence-corrected chi connectivity index (χ1v) is 13.3. The van der Waals surface area contributed by atoms with Gasteiger partial charge in [-0.25, -0.2) is 4.39 Å². The van der Waals surface area contributed by atoms with Gasteiger partial charge in [-0.1, -0.05) is 43.1 Å². The van der Waals surface area contributed by atoms with E-state index in [1.807, 2.05) is 6.92 Å². The quantitative estimate of drug-likeness (QED) is 0.340. The summed E-state index contributed by atoms with van der Waals surface area (Å²) in [6.45, 7) is 3.65. The number of benzene rings is 2. The Morgan fingerprint density at radius 2 is 1.74 bits per heavy atom. The van der Waals surface area contributed by atoms with Crippen molar-refractivity contribution in [3.8, 4) is 11.5 Å². The molecule has 8 nitrogen and oxygen atoms in total. The van der Waals surface area contributed by atoms with E-state index < -0.39 is 6.04 Å². The van der Waals surface area contributed by atoms with Crippen LogP contribution in [0.3, 0.4) is 0 Å². The van der Waals surface area contributed by atoms with Crippen LogP contribution in [-0.4, -0.2) is 54.1 Å². The smallest absolute Gasteiger partial charge is 0.260 e. The van der Waals surface area contributed by atoms with E-state index in [0.717, 1.165) is 25.7 Å². The number of likely N-dealkylation sites (N-methyl/N-ethyl adjacent to an activating group) is 1. The number of carbonyl (C=O) groups is 2. The van der Waals surface area contributed by atoms with E-state index in [1.165, 1.54) is 24.1 Å². The van der Waals surface area contributed by atoms with Crippen molar-refractivity contribution in [2.24, 2.45) is 0 Å². The van der Waals surface area contributed by atoms with E-state index in [4.69, 9.17) is 14.0 Å². The van der Waals surface area contributed by atoms with E-state index >= 15 is 0 Å². The van der Waals surface area contributed by atoms with Crippen molar-refractivity contribution < 1.29 is 28.0 Å². The van der Waals surface area contributed by atoms with Gasteiger partial charge in [-0.2, -0.15) is 0 Å². The summed E-state index contributed by atoms with van der Waals surface area (Å²) in [6, 6.07) is 10.3. The molecule has 0 radical (unpaired) electrons. The molecule has 2 aromatic carbocycles. The Hall–Kier alpha value is -3.88. The molecule has 4 rings (SSSR count). The lowest BCUT2D eigenvalue weighted by Crippen LogP contribution is -2.47. The van der Waals surface area contributed by atoms with Gasteiger partial charge in [-0.05, 0) is 61.6 Å². The maximum atomic E-state index is 14.3. The van der Waals surface area contributed by atoms with Crippen LogP contribution in [0.2, 0.25) is 0 Å². The second kappa shape index (κ2) is 12.3. The number of hydrogen-bond acceptors (Lipinski definition) is 6. The fourth-order valence-corrected chi connectivity index (χ4v) is 5.29. The molecule has 2 amide bonds. The minimum Gasteiger partial charge on any atom is -0.493 e. The van der Waals surface area contributed by atoms with Gasteiger partial charge in [0.25, 0.3) is 5.91 Å². The third-order valence-electron chi connectivity index (χ3n) is 7.50. The van der Waals surface area contributed by atoms with Gasteiger partial charge in [0, 0.05) is 19.6 Å². The normalized spacial score (nSPS) is 14.2. The number of aryl methyl sites for hydroxylation is 2. The summed E-state index contributed by atoms with van der Waals surface area (Å²) >= 11 is 0. The Balaban J connectivity index is 1.88. The molecular formula is C30H36FN3O5. The van der Waals surface area contributed by atoms with Crippen molar-refractivity contribution in [2.45, 2.75) is 64.6 Å². The zero-order valence-corrected chi connectivity index (χ0v) is 23.2. The molecule has 3 aromatic rings. The molecule has 1 unspecified atom stereocenters. The molecule has 0 N–H and O–H groups in total. The second-order valence-electron chi connectivity index (χ2n) is 9.88. The molecule has 0 saturated heterocycles. The minimum atomic E-state index is -0.994. The molecule has 1 heterocycles.